The van der Waals surface area contributed by atoms with E-state index in [2.05, 4.69) is 29.5 Å². The van der Waals surface area contributed by atoms with E-state index in [0.717, 1.165) is 44.5 Å². The minimum Gasteiger partial charge on any atom is -0.337 e. The second-order valence-electron chi connectivity index (χ2n) is 8.26. The molecule has 1 N–H and O–H groups in total. The third kappa shape index (κ3) is 3.48. The molecule has 6 nitrogen and oxygen atoms in total. The van der Waals surface area contributed by atoms with E-state index in [1.54, 1.807) is 0 Å². The summed E-state index contributed by atoms with van der Waals surface area (Å²) in [7, 11) is 1.92. The average molecular weight is 333 g/mol. The number of aromatic nitrogens is 3. The van der Waals surface area contributed by atoms with Crippen LogP contribution in [0.1, 0.15) is 74.6 Å². The molecule has 3 rings (SSSR count). The topological polar surface area (TPSA) is 63.1 Å². The van der Waals surface area contributed by atoms with Gasteiger partial charge in [-0.05, 0) is 64.0 Å². The summed E-state index contributed by atoms with van der Waals surface area (Å²) in [4.78, 5) is 14.8. The van der Waals surface area contributed by atoms with Crippen LogP contribution in [0.5, 0.6) is 0 Å². The molecule has 1 aromatic rings. The van der Waals surface area contributed by atoms with E-state index in [4.69, 9.17) is 0 Å². The van der Waals surface area contributed by atoms with Crippen LogP contribution in [0.2, 0.25) is 0 Å². The fourth-order valence-electron chi connectivity index (χ4n) is 4.04. The lowest BCUT2D eigenvalue weighted by molar-refractivity contribution is 0.0628. The molecule has 0 spiro atoms. The number of nitrogens with one attached hydrogen (secondary N) is 1. The summed E-state index contributed by atoms with van der Waals surface area (Å²) < 4.78 is 1.96. The molecule has 0 aromatic carbocycles. The molecule has 2 aliphatic rings. The van der Waals surface area contributed by atoms with Crippen molar-refractivity contribution in [1.29, 1.82) is 0 Å². The van der Waals surface area contributed by atoms with Gasteiger partial charge in [0.15, 0.2) is 5.69 Å². The van der Waals surface area contributed by atoms with E-state index in [0.29, 0.717) is 23.2 Å². The van der Waals surface area contributed by atoms with Gasteiger partial charge in [-0.25, -0.2) is 4.68 Å². The second-order valence-corrected chi connectivity index (χ2v) is 8.26. The zero-order chi connectivity index (χ0) is 17.3. The van der Waals surface area contributed by atoms with Crippen LogP contribution in [-0.4, -0.2) is 52.0 Å². The van der Waals surface area contributed by atoms with Gasteiger partial charge in [0.1, 0.15) is 0 Å². The molecule has 24 heavy (non-hydrogen) atoms. The molecular formula is C18H31N5O. The third-order valence-electron chi connectivity index (χ3n) is 5.96. The Balaban J connectivity index is 1.69. The van der Waals surface area contributed by atoms with Gasteiger partial charge in [-0.3, -0.25) is 4.79 Å². The first-order chi connectivity index (χ1) is 11.4. The lowest BCUT2D eigenvalue weighted by atomic mass is 9.75. The van der Waals surface area contributed by atoms with Crippen LogP contribution < -0.4 is 5.32 Å². The van der Waals surface area contributed by atoms with Gasteiger partial charge in [0.05, 0.1) is 11.7 Å². The van der Waals surface area contributed by atoms with Crippen LogP contribution in [-0.2, 0) is 0 Å². The van der Waals surface area contributed by atoms with E-state index in [9.17, 15) is 4.79 Å². The lowest BCUT2D eigenvalue weighted by Crippen LogP contribution is -2.41. The highest BCUT2D eigenvalue weighted by Gasteiger charge is 2.32. The first-order valence-electron chi connectivity index (χ1n) is 9.29. The molecule has 134 valence electrons. The van der Waals surface area contributed by atoms with Crippen LogP contribution in [0.25, 0.3) is 0 Å². The minimum absolute atomic E-state index is 0.0254. The molecule has 2 heterocycles. The smallest absolute Gasteiger partial charge is 0.276 e. The van der Waals surface area contributed by atoms with Crippen molar-refractivity contribution >= 4 is 5.91 Å². The Morgan fingerprint density at radius 3 is 2.46 bits per heavy atom. The van der Waals surface area contributed by atoms with Crippen LogP contribution in [0.15, 0.2) is 0 Å². The molecule has 1 saturated heterocycles. The number of rotatable bonds is 3. The molecule has 6 heteroatoms. The number of amides is 1. The largest absolute Gasteiger partial charge is 0.337 e. The maximum Gasteiger partial charge on any atom is 0.276 e. The maximum absolute atomic E-state index is 12.9. The Kier molecular flexibility index (Phi) is 4.95. The van der Waals surface area contributed by atoms with Gasteiger partial charge in [-0.2, -0.15) is 0 Å². The summed E-state index contributed by atoms with van der Waals surface area (Å²) in [6.07, 6.45) is 6.61. The molecule has 2 fully saturated rings. The molecule has 1 aliphatic heterocycles. The fourth-order valence-corrected chi connectivity index (χ4v) is 4.04. The summed E-state index contributed by atoms with van der Waals surface area (Å²) in [6, 6.07) is 0.690. The van der Waals surface area contributed by atoms with Gasteiger partial charge >= 0.3 is 0 Å². The van der Waals surface area contributed by atoms with E-state index in [1.807, 2.05) is 23.6 Å². The summed E-state index contributed by atoms with van der Waals surface area (Å²) in [5.41, 5.74) is 1.85. The van der Waals surface area contributed by atoms with Crippen molar-refractivity contribution in [2.45, 2.75) is 71.4 Å². The molecule has 0 radical (unpaired) electrons. The predicted molar refractivity (Wildman–Crippen MR) is 94.0 cm³/mol. The Hall–Kier alpha value is -1.43. The maximum atomic E-state index is 12.9. The lowest BCUT2D eigenvalue weighted by Gasteiger charge is -2.38. The van der Waals surface area contributed by atoms with Crippen molar-refractivity contribution in [2.24, 2.45) is 5.41 Å². The predicted octanol–water partition coefficient (Wildman–Crippen LogP) is 2.55. The first kappa shape index (κ1) is 17.4. The molecule has 1 aromatic heterocycles. The van der Waals surface area contributed by atoms with E-state index >= 15 is 0 Å². The highest BCUT2D eigenvalue weighted by molar-refractivity contribution is 5.93. The van der Waals surface area contributed by atoms with Crippen LogP contribution in [0.4, 0.5) is 0 Å². The van der Waals surface area contributed by atoms with E-state index in [-0.39, 0.29) is 5.91 Å². The number of carbonyl (C=O) groups is 1. The standard InChI is InChI=1S/C18H31N5O/c1-13-16(20-21-23(13)15-7-11-19-12-8-15)17(24)22(4)14-5-9-18(2,3)10-6-14/h14-15,19H,5-12H2,1-4H3. The van der Waals surface area contributed by atoms with Crippen molar-refractivity contribution in [1.82, 2.24) is 25.2 Å². The van der Waals surface area contributed by atoms with Crippen molar-refractivity contribution in [3.8, 4) is 0 Å². The summed E-state index contributed by atoms with van der Waals surface area (Å²) in [6.45, 7) is 8.63. The molecule has 1 amide bonds. The minimum atomic E-state index is 0.0254. The van der Waals surface area contributed by atoms with Gasteiger partial charge in [0.2, 0.25) is 0 Å². The summed E-state index contributed by atoms with van der Waals surface area (Å²) in [5, 5.41) is 11.9. The molecule has 0 unspecified atom stereocenters. The molecule has 1 aliphatic carbocycles. The summed E-state index contributed by atoms with van der Waals surface area (Å²) >= 11 is 0. The number of carbonyl (C=O) groups excluding carboxylic acids is 1. The van der Waals surface area contributed by atoms with Gasteiger partial charge in [0, 0.05) is 13.1 Å². The van der Waals surface area contributed by atoms with Crippen molar-refractivity contribution in [2.75, 3.05) is 20.1 Å². The van der Waals surface area contributed by atoms with Crippen molar-refractivity contribution in [3.63, 3.8) is 0 Å². The Morgan fingerprint density at radius 1 is 1.21 bits per heavy atom. The monoisotopic (exact) mass is 333 g/mol. The third-order valence-corrected chi connectivity index (χ3v) is 5.96. The number of hydrogen-bond donors (Lipinski definition) is 1. The average Bonchev–Trinajstić information content (AvgIpc) is 2.96. The van der Waals surface area contributed by atoms with Crippen LogP contribution >= 0.6 is 0 Å². The van der Waals surface area contributed by atoms with Gasteiger partial charge in [-0.1, -0.05) is 19.1 Å². The van der Waals surface area contributed by atoms with E-state index in [1.165, 1.54) is 12.8 Å². The number of nitrogens with zero attached hydrogens (tertiary/aromatic N) is 4. The Bertz CT molecular complexity index is 578. The number of hydrogen-bond acceptors (Lipinski definition) is 4. The van der Waals surface area contributed by atoms with Crippen molar-refractivity contribution < 1.29 is 4.79 Å². The van der Waals surface area contributed by atoms with E-state index < -0.39 is 0 Å². The Labute approximate surface area is 145 Å². The van der Waals surface area contributed by atoms with Gasteiger partial charge in [0.25, 0.3) is 5.91 Å². The summed E-state index contributed by atoms with van der Waals surface area (Å²) in [5.74, 6) is 0.0254. The molecule has 1 saturated carbocycles. The highest BCUT2D eigenvalue weighted by Crippen LogP contribution is 2.37. The fraction of sp³-hybridized carbons (Fsp3) is 0.833. The molecular weight excluding hydrogens is 302 g/mol. The second kappa shape index (κ2) is 6.82. The first-order valence-corrected chi connectivity index (χ1v) is 9.29. The quantitative estimate of drug-likeness (QED) is 0.923. The molecule has 0 atom stereocenters. The van der Waals surface area contributed by atoms with Crippen LogP contribution in [0, 0.1) is 12.3 Å². The van der Waals surface area contributed by atoms with Gasteiger partial charge < -0.3 is 10.2 Å². The number of piperidine rings is 1. The normalized spacial score (nSPS) is 22.5. The van der Waals surface area contributed by atoms with Crippen LogP contribution in [0.3, 0.4) is 0 Å². The molecule has 0 bridgehead atoms. The zero-order valence-electron chi connectivity index (χ0n) is 15.5. The van der Waals surface area contributed by atoms with Crippen molar-refractivity contribution in [3.05, 3.63) is 11.4 Å². The van der Waals surface area contributed by atoms with Gasteiger partial charge in [-0.15, -0.1) is 5.10 Å². The SMILES string of the molecule is Cc1c(C(=O)N(C)C2CCC(C)(C)CC2)nnn1C1CCNCC1. The zero-order valence-corrected chi connectivity index (χ0v) is 15.5. The Morgan fingerprint density at radius 2 is 1.83 bits per heavy atom. The highest BCUT2D eigenvalue weighted by atomic mass is 16.2.